The Morgan fingerprint density at radius 3 is 1.84 bits per heavy atom. The van der Waals surface area contributed by atoms with Crippen molar-refractivity contribution in [1.29, 1.82) is 0 Å². The number of para-hydroxylation sites is 1. The number of amides is 4. The number of hydrazine groups is 1. The second kappa shape index (κ2) is 12.6. The summed E-state index contributed by atoms with van der Waals surface area (Å²) in [5, 5.41) is 50.0. The van der Waals surface area contributed by atoms with Gasteiger partial charge in [-0.05, 0) is 61.4 Å². The number of ether oxygens (including phenoxy) is 1. The van der Waals surface area contributed by atoms with Gasteiger partial charge < -0.3 is 25.6 Å². The van der Waals surface area contributed by atoms with Crippen molar-refractivity contribution in [3.63, 3.8) is 0 Å². The van der Waals surface area contributed by atoms with Crippen LogP contribution in [0.1, 0.15) is 11.1 Å². The van der Waals surface area contributed by atoms with Gasteiger partial charge in [-0.25, -0.2) is 9.59 Å². The molecule has 0 fully saturated rings. The van der Waals surface area contributed by atoms with Crippen LogP contribution < -0.4 is 25.4 Å². The number of nitro benzene ring substituents is 2. The van der Waals surface area contributed by atoms with Crippen LogP contribution in [0.25, 0.3) is 0 Å². The van der Waals surface area contributed by atoms with E-state index >= 15 is 0 Å². The highest BCUT2D eigenvalue weighted by Crippen LogP contribution is 2.36. The van der Waals surface area contributed by atoms with Gasteiger partial charge in [-0.15, -0.1) is 0 Å². The van der Waals surface area contributed by atoms with E-state index in [4.69, 9.17) is 4.74 Å². The number of hydrogen-bond donors (Lipinski definition) is 4. The first-order valence-electron chi connectivity index (χ1n) is 12.8. The molecule has 15 nitrogen and oxygen atoms in total. The van der Waals surface area contributed by atoms with Crippen molar-refractivity contribution in [2.24, 2.45) is 0 Å². The van der Waals surface area contributed by atoms with Gasteiger partial charge in [0.1, 0.15) is 5.75 Å². The van der Waals surface area contributed by atoms with Crippen LogP contribution in [0.15, 0.2) is 78.9 Å². The van der Waals surface area contributed by atoms with Gasteiger partial charge in [0.05, 0.1) is 28.3 Å². The standard InChI is InChI=1S/C29H26N6O9/c1-17-6-4-7-18(2)27(17)33(29(39)31-20-10-12-25(36)23(15-20)34(40)41)32(21-11-13-26(37)24(16-21)35(42)43)28(38)30-19-8-5-9-22(14-19)44-3/h4-16,36-37H,1-3H3,(H,30,38)(H,31,39). The average molecular weight is 603 g/mol. The highest BCUT2D eigenvalue weighted by atomic mass is 16.6. The Kier molecular flexibility index (Phi) is 8.79. The highest BCUT2D eigenvalue weighted by molar-refractivity contribution is 6.13. The lowest BCUT2D eigenvalue weighted by Crippen LogP contribution is -2.54. The van der Waals surface area contributed by atoms with Crippen LogP contribution in [-0.2, 0) is 0 Å². The average Bonchev–Trinajstić information content (AvgIpc) is 2.97. The quantitative estimate of drug-likeness (QED) is 0.107. The van der Waals surface area contributed by atoms with Crippen molar-refractivity contribution < 1.29 is 34.4 Å². The highest BCUT2D eigenvalue weighted by Gasteiger charge is 2.34. The molecule has 0 aromatic heterocycles. The number of carbonyl (C=O) groups is 2. The molecule has 4 amide bonds. The zero-order chi connectivity index (χ0) is 32.1. The predicted octanol–water partition coefficient (Wildman–Crippen LogP) is 6.23. The molecule has 44 heavy (non-hydrogen) atoms. The van der Waals surface area contributed by atoms with Crippen LogP contribution in [0.3, 0.4) is 0 Å². The molecule has 0 aliphatic rings. The number of anilines is 4. The Morgan fingerprint density at radius 2 is 1.25 bits per heavy atom. The molecule has 0 aliphatic carbocycles. The number of methoxy groups -OCH3 is 1. The molecular weight excluding hydrogens is 576 g/mol. The number of nitrogens with zero attached hydrogens (tertiary/aromatic N) is 4. The summed E-state index contributed by atoms with van der Waals surface area (Å²) in [6.45, 7) is 3.34. The van der Waals surface area contributed by atoms with E-state index in [1.807, 2.05) is 0 Å². The molecule has 0 bridgehead atoms. The van der Waals surface area contributed by atoms with Gasteiger partial charge in [-0.1, -0.05) is 24.3 Å². The lowest BCUT2D eigenvalue weighted by molar-refractivity contribution is -0.385. The van der Waals surface area contributed by atoms with E-state index in [0.29, 0.717) is 16.9 Å². The third-order valence-electron chi connectivity index (χ3n) is 6.38. The summed E-state index contributed by atoms with van der Waals surface area (Å²) >= 11 is 0. The Morgan fingerprint density at radius 1 is 0.727 bits per heavy atom. The minimum Gasteiger partial charge on any atom is -0.502 e. The number of phenols is 2. The number of urea groups is 2. The minimum absolute atomic E-state index is 0.0967. The molecule has 226 valence electrons. The van der Waals surface area contributed by atoms with Gasteiger partial charge in [0.25, 0.3) is 0 Å². The second-order valence-electron chi connectivity index (χ2n) is 9.35. The monoisotopic (exact) mass is 602 g/mol. The van der Waals surface area contributed by atoms with Crippen LogP contribution >= 0.6 is 0 Å². The molecule has 4 aromatic rings. The van der Waals surface area contributed by atoms with Crippen LogP contribution in [-0.4, -0.2) is 39.2 Å². The number of rotatable bonds is 7. The summed E-state index contributed by atoms with van der Waals surface area (Å²) in [5.74, 6) is -0.894. The number of nitrogens with one attached hydrogen (secondary N) is 2. The van der Waals surface area contributed by atoms with Crippen molar-refractivity contribution in [1.82, 2.24) is 0 Å². The predicted molar refractivity (Wildman–Crippen MR) is 161 cm³/mol. The molecular formula is C29H26N6O9. The first kappa shape index (κ1) is 30.6. The summed E-state index contributed by atoms with van der Waals surface area (Å²) in [7, 11) is 1.43. The molecule has 15 heteroatoms. The zero-order valence-electron chi connectivity index (χ0n) is 23.5. The van der Waals surface area contributed by atoms with E-state index in [9.17, 15) is 40.0 Å². The van der Waals surface area contributed by atoms with Gasteiger partial charge in [0.2, 0.25) is 0 Å². The normalized spacial score (nSPS) is 10.4. The molecule has 0 aliphatic heterocycles. The van der Waals surface area contributed by atoms with Crippen LogP contribution in [0.4, 0.5) is 43.7 Å². The molecule has 0 saturated heterocycles. The Balaban J connectivity index is 1.92. The van der Waals surface area contributed by atoms with E-state index in [2.05, 4.69) is 10.6 Å². The molecule has 0 spiro atoms. The Hall–Kier alpha value is -6.38. The van der Waals surface area contributed by atoms with Crippen molar-refractivity contribution in [3.05, 3.63) is 110 Å². The van der Waals surface area contributed by atoms with Gasteiger partial charge in [0, 0.05) is 29.6 Å². The van der Waals surface area contributed by atoms with E-state index in [1.165, 1.54) is 25.3 Å². The third-order valence-corrected chi connectivity index (χ3v) is 6.38. The number of nitro groups is 2. The maximum atomic E-state index is 14.1. The number of phenolic OH excluding ortho intramolecular Hbond substituents is 2. The van der Waals surface area contributed by atoms with Gasteiger partial charge in [0.15, 0.2) is 11.5 Å². The lowest BCUT2D eigenvalue weighted by Gasteiger charge is -2.36. The topological polar surface area (TPSA) is 201 Å². The number of benzene rings is 4. The molecule has 4 rings (SSSR count). The van der Waals surface area contributed by atoms with E-state index in [1.54, 1.807) is 50.2 Å². The van der Waals surface area contributed by atoms with Gasteiger partial charge in [-0.2, -0.15) is 10.0 Å². The molecule has 4 N–H and O–H groups in total. The summed E-state index contributed by atoms with van der Waals surface area (Å²) in [6.07, 6.45) is 0. The van der Waals surface area contributed by atoms with Crippen molar-refractivity contribution >= 4 is 46.2 Å². The molecule has 0 radical (unpaired) electrons. The lowest BCUT2D eigenvalue weighted by atomic mass is 10.1. The third kappa shape index (κ3) is 6.41. The molecule has 0 unspecified atom stereocenters. The Labute approximate surface area is 249 Å². The van der Waals surface area contributed by atoms with Crippen LogP contribution in [0.5, 0.6) is 17.2 Å². The maximum Gasteiger partial charge on any atom is 0.345 e. The van der Waals surface area contributed by atoms with Gasteiger partial charge >= 0.3 is 23.4 Å². The fourth-order valence-electron chi connectivity index (χ4n) is 4.35. The zero-order valence-corrected chi connectivity index (χ0v) is 23.5. The molecule has 0 saturated carbocycles. The first-order valence-corrected chi connectivity index (χ1v) is 12.8. The van der Waals surface area contributed by atoms with E-state index < -0.39 is 44.8 Å². The fourth-order valence-corrected chi connectivity index (χ4v) is 4.35. The summed E-state index contributed by atoms with van der Waals surface area (Å²) in [4.78, 5) is 49.6. The molecule has 0 atom stereocenters. The summed E-state index contributed by atoms with van der Waals surface area (Å²) < 4.78 is 5.22. The summed E-state index contributed by atoms with van der Waals surface area (Å²) in [6, 6.07) is 15.7. The van der Waals surface area contributed by atoms with Crippen LogP contribution in [0, 0.1) is 34.1 Å². The second-order valence-corrected chi connectivity index (χ2v) is 9.35. The fraction of sp³-hybridized carbons (Fsp3) is 0.103. The minimum atomic E-state index is -1.00. The van der Waals surface area contributed by atoms with Crippen molar-refractivity contribution in [2.75, 3.05) is 27.8 Å². The van der Waals surface area contributed by atoms with E-state index in [-0.39, 0.29) is 22.7 Å². The Bertz CT molecular complexity index is 1760. The van der Waals surface area contributed by atoms with Gasteiger partial charge in [-0.3, -0.25) is 20.2 Å². The number of carbonyl (C=O) groups excluding carboxylic acids is 2. The smallest absolute Gasteiger partial charge is 0.345 e. The SMILES string of the molecule is COc1cccc(NC(=O)N(c2ccc(O)c([N+](=O)[O-])c2)N(C(=O)Nc2ccc(O)c([N+](=O)[O-])c2)c2c(C)cccc2C)c1. The number of hydrogen-bond acceptors (Lipinski definition) is 9. The number of aryl methyl sites for hydroxylation is 2. The first-order chi connectivity index (χ1) is 20.9. The van der Waals surface area contributed by atoms with E-state index in [0.717, 1.165) is 34.3 Å². The largest absolute Gasteiger partial charge is 0.502 e. The number of aromatic hydroxyl groups is 2. The van der Waals surface area contributed by atoms with Crippen molar-refractivity contribution in [2.45, 2.75) is 13.8 Å². The van der Waals surface area contributed by atoms with Crippen LogP contribution in [0.2, 0.25) is 0 Å². The molecule has 4 aromatic carbocycles. The maximum absolute atomic E-state index is 14.1. The summed E-state index contributed by atoms with van der Waals surface area (Å²) in [5.41, 5.74) is -0.210. The molecule has 0 heterocycles. The van der Waals surface area contributed by atoms with Crippen molar-refractivity contribution in [3.8, 4) is 17.2 Å².